The van der Waals surface area contributed by atoms with E-state index in [1.807, 2.05) is 0 Å². The van der Waals surface area contributed by atoms with Crippen molar-refractivity contribution in [2.75, 3.05) is 18.4 Å². The van der Waals surface area contributed by atoms with Crippen molar-refractivity contribution in [1.29, 1.82) is 0 Å². The summed E-state index contributed by atoms with van der Waals surface area (Å²) in [6.07, 6.45) is 2.26. The van der Waals surface area contributed by atoms with Gasteiger partial charge in [-0.25, -0.2) is 0 Å². The molecule has 1 aromatic carbocycles. The predicted octanol–water partition coefficient (Wildman–Crippen LogP) is 1.67. The molecule has 2 heterocycles. The summed E-state index contributed by atoms with van der Waals surface area (Å²) in [5.74, 6) is -0.563. The Morgan fingerprint density at radius 3 is 2.58 bits per heavy atom. The van der Waals surface area contributed by atoms with Crippen LogP contribution in [-0.2, 0) is 14.3 Å². The van der Waals surface area contributed by atoms with Crippen LogP contribution in [0.25, 0.3) is 0 Å². The van der Waals surface area contributed by atoms with Crippen LogP contribution in [0.3, 0.4) is 0 Å². The van der Waals surface area contributed by atoms with Crippen LogP contribution in [-0.4, -0.2) is 47.0 Å². The molecule has 0 bridgehead atoms. The highest BCUT2D eigenvalue weighted by Crippen LogP contribution is 2.35. The molecule has 0 aromatic heterocycles. The van der Waals surface area contributed by atoms with Gasteiger partial charge in [0.1, 0.15) is 11.3 Å². The molecule has 3 rings (SSSR count). The van der Waals surface area contributed by atoms with Crippen molar-refractivity contribution in [3.8, 4) is 0 Å². The summed E-state index contributed by atoms with van der Waals surface area (Å²) in [5, 5.41) is 5.59. The minimum atomic E-state index is -0.843. The lowest BCUT2D eigenvalue weighted by Gasteiger charge is -2.39. The summed E-state index contributed by atoms with van der Waals surface area (Å²) < 4.78 is 5.94. The molecule has 1 aromatic rings. The Labute approximate surface area is 152 Å². The fourth-order valence-electron chi connectivity index (χ4n) is 3.32. The third-order valence-corrected chi connectivity index (χ3v) is 4.76. The monoisotopic (exact) mass is 357 g/mol. The molecule has 26 heavy (non-hydrogen) atoms. The van der Waals surface area contributed by atoms with Crippen LogP contribution in [0.15, 0.2) is 36.9 Å². The Morgan fingerprint density at radius 2 is 2.00 bits per heavy atom. The number of benzene rings is 1. The highest BCUT2D eigenvalue weighted by Gasteiger charge is 2.51. The fraction of sp³-hybridized carbons (Fsp3) is 0.421. The number of nitrogens with one attached hydrogen (secondary N) is 2. The van der Waals surface area contributed by atoms with E-state index >= 15 is 0 Å². The second-order valence-corrected chi connectivity index (χ2v) is 7.13. The van der Waals surface area contributed by atoms with Crippen LogP contribution in [0.5, 0.6) is 0 Å². The van der Waals surface area contributed by atoms with Crippen LogP contribution in [0.4, 0.5) is 5.69 Å². The summed E-state index contributed by atoms with van der Waals surface area (Å²) in [7, 11) is 0. The Kier molecular flexibility index (Phi) is 4.58. The van der Waals surface area contributed by atoms with Gasteiger partial charge in [0.05, 0.1) is 0 Å². The van der Waals surface area contributed by atoms with Gasteiger partial charge in [-0.1, -0.05) is 12.6 Å². The Bertz CT molecular complexity index is 764. The molecular weight excluding hydrogens is 334 g/mol. The first-order valence-electron chi connectivity index (χ1n) is 8.60. The van der Waals surface area contributed by atoms with E-state index in [0.717, 1.165) is 0 Å². The Hall–Kier alpha value is -2.67. The molecule has 0 saturated carbocycles. The zero-order valence-electron chi connectivity index (χ0n) is 15.0. The molecule has 2 aliphatic heterocycles. The minimum absolute atomic E-state index is 0.113. The molecule has 2 fully saturated rings. The molecule has 2 N–H and O–H groups in total. The number of carbonyl (C=O) groups is 3. The number of hydrogen-bond donors (Lipinski definition) is 2. The number of ether oxygens (including phenoxy) is 1. The van der Waals surface area contributed by atoms with Crippen molar-refractivity contribution in [3.63, 3.8) is 0 Å². The van der Waals surface area contributed by atoms with Gasteiger partial charge in [-0.15, -0.1) is 0 Å². The molecule has 138 valence electrons. The molecule has 7 nitrogen and oxygen atoms in total. The average Bonchev–Trinajstić information content (AvgIpc) is 2.83. The van der Waals surface area contributed by atoms with Crippen LogP contribution in [0, 0.1) is 0 Å². The highest BCUT2D eigenvalue weighted by atomic mass is 16.6. The lowest BCUT2D eigenvalue weighted by Crippen LogP contribution is -2.53. The molecule has 3 amide bonds. The number of carbonyl (C=O) groups excluding carboxylic acids is 3. The first-order valence-corrected chi connectivity index (χ1v) is 8.60. The number of amides is 3. The summed E-state index contributed by atoms with van der Waals surface area (Å²) in [6.45, 7) is 7.87. The maximum absolute atomic E-state index is 12.8. The third-order valence-electron chi connectivity index (χ3n) is 4.76. The van der Waals surface area contributed by atoms with Gasteiger partial charge in [-0.2, -0.15) is 0 Å². The number of likely N-dealkylation sites (tertiary alicyclic amines) is 1. The van der Waals surface area contributed by atoms with Gasteiger partial charge < -0.3 is 20.3 Å². The average molecular weight is 357 g/mol. The standard InChI is InChI=1S/C19H23N3O4/c1-4-15(23)20-14-7-5-6-13(12-14)16(24)22-10-8-19(9-11-22)21-17(25)18(2,3)26-19/h4-7,12H,1,8-11H2,2-3H3,(H,20,23)(H,21,25). The predicted molar refractivity (Wildman–Crippen MR) is 96.4 cm³/mol. The van der Waals surface area contributed by atoms with Gasteiger partial charge in [0.2, 0.25) is 5.91 Å². The van der Waals surface area contributed by atoms with Crippen LogP contribution in [0.2, 0.25) is 0 Å². The van der Waals surface area contributed by atoms with E-state index in [1.54, 1.807) is 43.0 Å². The maximum Gasteiger partial charge on any atom is 0.253 e. The zero-order chi connectivity index (χ0) is 18.9. The first kappa shape index (κ1) is 18.1. The van der Waals surface area contributed by atoms with Gasteiger partial charge >= 0.3 is 0 Å². The molecule has 0 radical (unpaired) electrons. The van der Waals surface area contributed by atoms with Gasteiger partial charge in [0.25, 0.3) is 11.8 Å². The lowest BCUT2D eigenvalue weighted by molar-refractivity contribution is -0.138. The van der Waals surface area contributed by atoms with Crippen molar-refractivity contribution >= 4 is 23.4 Å². The largest absolute Gasteiger partial charge is 0.340 e. The highest BCUT2D eigenvalue weighted by molar-refractivity contribution is 6.00. The summed E-state index contributed by atoms with van der Waals surface area (Å²) in [5.41, 5.74) is -0.483. The fourth-order valence-corrected chi connectivity index (χ4v) is 3.32. The second-order valence-electron chi connectivity index (χ2n) is 7.13. The quantitative estimate of drug-likeness (QED) is 0.806. The van der Waals surface area contributed by atoms with E-state index in [-0.39, 0.29) is 17.7 Å². The first-order chi connectivity index (χ1) is 12.2. The minimum Gasteiger partial charge on any atom is -0.340 e. The van der Waals surface area contributed by atoms with E-state index in [4.69, 9.17) is 4.74 Å². The lowest BCUT2D eigenvalue weighted by atomic mass is 10.00. The van der Waals surface area contributed by atoms with Gasteiger partial charge in [-0.3, -0.25) is 14.4 Å². The van der Waals surface area contributed by atoms with Crippen molar-refractivity contribution < 1.29 is 19.1 Å². The van der Waals surface area contributed by atoms with E-state index < -0.39 is 11.3 Å². The molecule has 7 heteroatoms. The number of anilines is 1. The SMILES string of the molecule is C=CC(=O)Nc1cccc(C(=O)N2CCC3(CC2)NC(=O)C(C)(C)O3)c1. The van der Waals surface area contributed by atoms with Crippen LogP contribution in [0.1, 0.15) is 37.0 Å². The van der Waals surface area contributed by atoms with Crippen molar-refractivity contribution in [2.24, 2.45) is 0 Å². The van der Waals surface area contributed by atoms with Gasteiger partial charge in [0, 0.05) is 37.2 Å². The number of nitrogens with zero attached hydrogens (tertiary/aromatic N) is 1. The molecule has 2 aliphatic rings. The topological polar surface area (TPSA) is 87.7 Å². The van der Waals surface area contributed by atoms with E-state index in [1.165, 1.54) is 6.08 Å². The number of rotatable bonds is 3. The second kappa shape index (κ2) is 6.57. The van der Waals surface area contributed by atoms with E-state index in [2.05, 4.69) is 17.2 Å². The smallest absolute Gasteiger partial charge is 0.253 e. The summed E-state index contributed by atoms with van der Waals surface area (Å²) in [4.78, 5) is 37.9. The maximum atomic E-state index is 12.8. The van der Waals surface area contributed by atoms with E-state index in [9.17, 15) is 14.4 Å². The molecule has 2 saturated heterocycles. The van der Waals surface area contributed by atoms with Crippen molar-refractivity contribution in [2.45, 2.75) is 38.0 Å². The zero-order valence-corrected chi connectivity index (χ0v) is 15.0. The van der Waals surface area contributed by atoms with Crippen molar-refractivity contribution in [3.05, 3.63) is 42.5 Å². The Morgan fingerprint density at radius 1 is 1.31 bits per heavy atom. The van der Waals surface area contributed by atoms with Crippen molar-refractivity contribution in [1.82, 2.24) is 10.2 Å². The third kappa shape index (κ3) is 3.48. The molecule has 0 aliphatic carbocycles. The number of hydrogen-bond acceptors (Lipinski definition) is 4. The van der Waals surface area contributed by atoms with Crippen LogP contribution < -0.4 is 10.6 Å². The normalized spacial score (nSPS) is 20.5. The van der Waals surface area contributed by atoms with Gasteiger partial charge in [0.15, 0.2) is 0 Å². The number of piperidine rings is 1. The van der Waals surface area contributed by atoms with Crippen LogP contribution >= 0.6 is 0 Å². The summed E-state index contributed by atoms with van der Waals surface area (Å²) in [6, 6.07) is 6.80. The molecule has 0 atom stereocenters. The Balaban J connectivity index is 1.66. The molecule has 1 spiro atoms. The van der Waals surface area contributed by atoms with Gasteiger partial charge in [-0.05, 0) is 38.1 Å². The molecular formula is C19H23N3O4. The molecule has 0 unspecified atom stereocenters. The summed E-state index contributed by atoms with van der Waals surface area (Å²) >= 11 is 0. The van der Waals surface area contributed by atoms with E-state index in [0.29, 0.717) is 37.2 Å².